The Morgan fingerprint density at radius 3 is 2.43 bits per heavy atom. The first-order valence-electron chi connectivity index (χ1n) is 14.5. The Morgan fingerprint density at radius 1 is 1.07 bits per heavy atom. The maximum Gasteiger partial charge on any atom is 0.255 e. The van der Waals surface area contributed by atoms with Crippen LogP contribution in [0.15, 0.2) is 63.6 Å². The van der Waals surface area contributed by atoms with Crippen LogP contribution in [0.25, 0.3) is 0 Å². The molecular formula is C34H34Br2N2O8. The number of aromatic hydroxyl groups is 2. The number of likely N-dealkylation sites (N-methyl/N-ethyl adjacent to an activating group) is 1. The number of methoxy groups -OCH3 is 2. The van der Waals surface area contributed by atoms with E-state index in [9.17, 15) is 24.6 Å². The summed E-state index contributed by atoms with van der Waals surface area (Å²) in [6.45, 7) is 1.14. The van der Waals surface area contributed by atoms with Crippen molar-refractivity contribution in [2.24, 2.45) is 0 Å². The van der Waals surface area contributed by atoms with E-state index >= 15 is 0 Å². The molecule has 2 atom stereocenters. The molecule has 3 aliphatic rings. The first-order chi connectivity index (χ1) is 21.9. The predicted molar refractivity (Wildman–Crippen MR) is 178 cm³/mol. The summed E-state index contributed by atoms with van der Waals surface area (Å²) in [5.41, 5.74) is 2.47. The third-order valence-electron chi connectivity index (χ3n) is 8.61. The van der Waals surface area contributed by atoms with E-state index in [1.54, 1.807) is 55.3 Å². The second-order valence-electron chi connectivity index (χ2n) is 11.4. The van der Waals surface area contributed by atoms with E-state index < -0.39 is 5.41 Å². The molecule has 3 aromatic carbocycles. The number of carbonyl (C=O) groups excluding carboxylic acids is 3. The van der Waals surface area contributed by atoms with Crippen molar-refractivity contribution >= 4 is 49.5 Å². The summed E-state index contributed by atoms with van der Waals surface area (Å²) in [6, 6.07) is 11.6. The maximum absolute atomic E-state index is 12.8. The predicted octanol–water partition coefficient (Wildman–Crippen LogP) is 5.64. The molecule has 46 heavy (non-hydrogen) atoms. The number of hydrogen-bond acceptors (Lipinski definition) is 8. The van der Waals surface area contributed by atoms with Gasteiger partial charge in [-0.3, -0.25) is 14.4 Å². The highest BCUT2D eigenvalue weighted by Gasteiger charge is 2.54. The fraction of sp³-hybridized carbons (Fsp3) is 0.324. The number of amides is 2. The largest absolute Gasteiger partial charge is 0.508 e. The fourth-order valence-electron chi connectivity index (χ4n) is 6.00. The molecule has 2 heterocycles. The van der Waals surface area contributed by atoms with Gasteiger partial charge in [0, 0.05) is 48.1 Å². The topological polar surface area (TPSA) is 126 Å². The Morgan fingerprint density at radius 2 is 1.76 bits per heavy atom. The van der Waals surface area contributed by atoms with E-state index in [2.05, 4.69) is 31.9 Å². The van der Waals surface area contributed by atoms with Crippen molar-refractivity contribution in [1.29, 1.82) is 0 Å². The highest BCUT2D eigenvalue weighted by Crippen LogP contribution is 2.56. The van der Waals surface area contributed by atoms with E-state index in [0.29, 0.717) is 57.5 Å². The number of allylic oxidation sites excluding steroid dienone is 1. The van der Waals surface area contributed by atoms with Crippen molar-refractivity contribution in [2.45, 2.75) is 30.8 Å². The Hall–Kier alpha value is -4.03. The van der Waals surface area contributed by atoms with E-state index in [-0.39, 0.29) is 41.0 Å². The average molecular weight is 758 g/mol. The number of phenolic OH excluding ortho intramolecular Hbond substituents is 2. The molecule has 10 nitrogen and oxygen atoms in total. The SMILES string of the molecule is COc1cc(Br)c2c3c1OC1CC(=O)C=CC31CCN(C)C2=O.COc1cc(C(=O)N(C)CCc2ccc(O)cc2)c(Br)cc1O. The zero-order valence-corrected chi connectivity index (χ0v) is 29.0. The number of benzene rings is 3. The summed E-state index contributed by atoms with van der Waals surface area (Å²) >= 11 is 6.81. The second-order valence-corrected chi connectivity index (χ2v) is 13.1. The molecule has 0 bridgehead atoms. The molecule has 2 amide bonds. The maximum atomic E-state index is 12.8. The van der Waals surface area contributed by atoms with Gasteiger partial charge in [0.25, 0.3) is 11.8 Å². The van der Waals surface area contributed by atoms with Crippen LogP contribution in [-0.4, -0.2) is 85.1 Å². The average Bonchev–Trinajstić information content (AvgIpc) is 3.31. The minimum absolute atomic E-state index is 0.0253. The minimum atomic E-state index is -0.448. The first kappa shape index (κ1) is 33.3. The summed E-state index contributed by atoms with van der Waals surface area (Å²) in [5, 5.41) is 19.0. The molecule has 1 spiro atoms. The van der Waals surface area contributed by atoms with Crippen LogP contribution in [0.5, 0.6) is 28.7 Å². The van der Waals surface area contributed by atoms with Crippen LogP contribution < -0.4 is 14.2 Å². The number of phenols is 2. The highest BCUT2D eigenvalue weighted by molar-refractivity contribution is 9.10. The molecule has 6 rings (SSSR count). The van der Waals surface area contributed by atoms with E-state index in [1.807, 2.05) is 18.2 Å². The van der Waals surface area contributed by atoms with Gasteiger partial charge in [-0.25, -0.2) is 0 Å². The third-order valence-corrected chi connectivity index (χ3v) is 9.89. The standard InChI is InChI=1S/C17H16BrNO4.C17H18BrNO4/c1-19-6-5-17-4-3-9(20)7-12(17)23-15-11(22-2)8-10(18)13(14(15)17)16(19)21;1-19(8-7-11-3-5-12(20)6-4-11)17(22)13-9-16(23-2)15(21)10-14(13)18/h3-4,8,12H,5-7H2,1-2H3;3-6,9-10,20-21H,7-8H2,1-2H3. The van der Waals surface area contributed by atoms with Gasteiger partial charge in [-0.2, -0.15) is 0 Å². The molecule has 2 aliphatic heterocycles. The van der Waals surface area contributed by atoms with E-state index in [4.69, 9.17) is 14.2 Å². The molecule has 0 fully saturated rings. The van der Waals surface area contributed by atoms with Crippen molar-refractivity contribution in [1.82, 2.24) is 9.80 Å². The molecule has 0 aromatic heterocycles. The number of hydrogen-bond donors (Lipinski definition) is 2. The van der Waals surface area contributed by atoms with Crippen LogP contribution in [0.4, 0.5) is 0 Å². The lowest BCUT2D eigenvalue weighted by atomic mass is 9.69. The smallest absolute Gasteiger partial charge is 0.255 e. The monoisotopic (exact) mass is 756 g/mol. The number of nitrogens with zero attached hydrogens (tertiary/aromatic N) is 2. The molecule has 1 aliphatic carbocycles. The molecule has 0 saturated heterocycles. The van der Waals surface area contributed by atoms with Crippen LogP contribution >= 0.6 is 31.9 Å². The third kappa shape index (κ3) is 6.20. The summed E-state index contributed by atoms with van der Waals surface area (Å²) < 4.78 is 17.8. The molecular weight excluding hydrogens is 724 g/mol. The molecule has 2 N–H and O–H groups in total. The number of ketones is 1. The summed E-state index contributed by atoms with van der Waals surface area (Å²) in [6.07, 6.45) is 5.00. The summed E-state index contributed by atoms with van der Waals surface area (Å²) in [4.78, 5) is 40.6. The molecule has 3 aromatic rings. The molecule has 2 unspecified atom stereocenters. The van der Waals surface area contributed by atoms with Gasteiger partial charge in [-0.15, -0.1) is 0 Å². The van der Waals surface area contributed by atoms with Crippen LogP contribution in [0.2, 0.25) is 0 Å². The number of rotatable bonds is 6. The molecule has 0 saturated carbocycles. The Labute approximate surface area is 283 Å². The zero-order chi connectivity index (χ0) is 33.3. The van der Waals surface area contributed by atoms with Crippen molar-refractivity contribution in [2.75, 3.05) is 41.4 Å². The fourth-order valence-corrected chi connectivity index (χ4v) is 7.07. The lowest BCUT2D eigenvalue weighted by Gasteiger charge is -2.33. The number of ether oxygens (including phenoxy) is 3. The van der Waals surface area contributed by atoms with Gasteiger partial charge in [-0.05, 0) is 86.7 Å². The Bertz CT molecular complexity index is 1730. The Kier molecular flexibility index (Phi) is 9.69. The number of halogens is 2. The quantitative estimate of drug-likeness (QED) is 0.331. The van der Waals surface area contributed by atoms with Gasteiger partial charge in [0.05, 0.1) is 30.8 Å². The molecule has 12 heteroatoms. The van der Waals surface area contributed by atoms with Crippen molar-refractivity contribution < 1.29 is 38.8 Å². The normalized spacial score (nSPS) is 19.3. The second kappa shape index (κ2) is 13.4. The van der Waals surface area contributed by atoms with Gasteiger partial charge >= 0.3 is 0 Å². The molecule has 242 valence electrons. The lowest BCUT2D eigenvalue weighted by molar-refractivity contribution is -0.117. The van der Waals surface area contributed by atoms with Gasteiger partial charge < -0.3 is 34.2 Å². The van der Waals surface area contributed by atoms with Crippen molar-refractivity contribution in [3.63, 3.8) is 0 Å². The van der Waals surface area contributed by atoms with Crippen LogP contribution in [0.1, 0.15) is 44.7 Å². The summed E-state index contributed by atoms with van der Waals surface area (Å²) in [5.74, 6) is 1.47. The van der Waals surface area contributed by atoms with Crippen LogP contribution in [-0.2, 0) is 16.6 Å². The van der Waals surface area contributed by atoms with Crippen molar-refractivity contribution in [3.8, 4) is 28.7 Å². The number of carbonyl (C=O) groups is 3. The van der Waals surface area contributed by atoms with Gasteiger partial charge in [0.2, 0.25) is 0 Å². The van der Waals surface area contributed by atoms with Gasteiger partial charge in [0.15, 0.2) is 28.8 Å². The van der Waals surface area contributed by atoms with Crippen molar-refractivity contribution in [3.05, 3.63) is 85.8 Å². The summed E-state index contributed by atoms with van der Waals surface area (Å²) in [7, 11) is 6.53. The minimum Gasteiger partial charge on any atom is -0.508 e. The van der Waals surface area contributed by atoms with Gasteiger partial charge in [-0.1, -0.05) is 18.2 Å². The van der Waals surface area contributed by atoms with Crippen LogP contribution in [0, 0.1) is 0 Å². The highest BCUT2D eigenvalue weighted by atomic mass is 79.9. The zero-order valence-electron chi connectivity index (χ0n) is 25.8. The Balaban J connectivity index is 0.000000181. The van der Waals surface area contributed by atoms with Gasteiger partial charge in [0.1, 0.15) is 11.9 Å². The van der Waals surface area contributed by atoms with E-state index in [0.717, 1.165) is 17.5 Å². The lowest BCUT2D eigenvalue weighted by Crippen LogP contribution is -2.41. The first-order valence-corrected chi connectivity index (χ1v) is 16.1. The molecule has 0 radical (unpaired) electrons. The van der Waals surface area contributed by atoms with Crippen LogP contribution in [0.3, 0.4) is 0 Å². The van der Waals surface area contributed by atoms with E-state index in [1.165, 1.54) is 19.2 Å².